The van der Waals surface area contributed by atoms with Crippen LogP contribution in [0.2, 0.25) is 0 Å². The second-order valence-corrected chi connectivity index (χ2v) is 4.02. The third kappa shape index (κ3) is 3.55. The number of anilines is 2. The summed E-state index contributed by atoms with van der Waals surface area (Å²) in [6, 6.07) is 3.72. The molecule has 0 bridgehead atoms. The van der Waals surface area contributed by atoms with Crippen molar-refractivity contribution < 1.29 is 0 Å². The highest BCUT2D eigenvalue weighted by atomic mass is 32.2. The summed E-state index contributed by atoms with van der Waals surface area (Å²) in [6.45, 7) is 2.18. The molecule has 0 unspecified atom stereocenters. The summed E-state index contributed by atoms with van der Waals surface area (Å²) in [7, 11) is 0. The molecule has 0 spiro atoms. The molecule has 0 aliphatic heterocycles. The SMILES string of the molecule is CCCCSc1cc(N)nc(N)c1. The van der Waals surface area contributed by atoms with Gasteiger partial charge in [0, 0.05) is 4.90 Å². The van der Waals surface area contributed by atoms with Gasteiger partial charge in [0.15, 0.2) is 0 Å². The average molecular weight is 197 g/mol. The van der Waals surface area contributed by atoms with E-state index in [1.54, 1.807) is 11.8 Å². The van der Waals surface area contributed by atoms with E-state index in [9.17, 15) is 0 Å². The Morgan fingerprint density at radius 1 is 1.31 bits per heavy atom. The molecule has 0 saturated heterocycles. The number of nitrogens with zero attached hydrogens (tertiary/aromatic N) is 1. The minimum Gasteiger partial charge on any atom is -0.384 e. The van der Waals surface area contributed by atoms with Crippen LogP contribution in [0, 0.1) is 0 Å². The van der Waals surface area contributed by atoms with Gasteiger partial charge in [0.1, 0.15) is 11.6 Å². The van der Waals surface area contributed by atoms with Crippen molar-refractivity contribution in [3.63, 3.8) is 0 Å². The normalized spacial score (nSPS) is 10.2. The predicted molar refractivity (Wildman–Crippen MR) is 58.7 cm³/mol. The summed E-state index contributed by atoms with van der Waals surface area (Å²) in [5.41, 5.74) is 11.1. The highest BCUT2D eigenvalue weighted by Crippen LogP contribution is 2.22. The zero-order chi connectivity index (χ0) is 9.68. The molecule has 4 heteroatoms. The number of thioether (sulfide) groups is 1. The number of unbranched alkanes of at least 4 members (excludes halogenated alkanes) is 1. The fourth-order valence-electron chi connectivity index (χ4n) is 0.964. The Kier molecular flexibility index (Phi) is 3.89. The van der Waals surface area contributed by atoms with Crippen LogP contribution in [0.5, 0.6) is 0 Å². The van der Waals surface area contributed by atoms with Crippen LogP contribution in [0.4, 0.5) is 11.6 Å². The van der Waals surface area contributed by atoms with Crippen LogP contribution in [-0.2, 0) is 0 Å². The van der Waals surface area contributed by atoms with Gasteiger partial charge >= 0.3 is 0 Å². The molecule has 0 aromatic carbocycles. The molecule has 72 valence electrons. The summed E-state index contributed by atoms with van der Waals surface area (Å²) >= 11 is 1.77. The predicted octanol–water partition coefficient (Wildman–Crippen LogP) is 2.14. The first kappa shape index (κ1) is 10.2. The molecule has 0 atom stereocenters. The molecular formula is C9H15N3S. The van der Waals surface area contributed by atoms with Crippen molar-refractivity contribution in [1.82, 2.24) is 4.98 Å². The quantitative estimate of drug-likeness (QED) is 0.573. The van der Waals surface area contributed by atoms with Crippen molar-refractivity contribution in [2.75, 3.05) is 17.2 Å². The molecule has 13 heavy (non-hydrogen) atoms. The van der Waals surface area contributed by atoms with Crippen molar-refractivity contribution >= 4 is 23.4 Å². The number of hydrogen-bond donors (Lipinski definition) is 2. The summed E-state index contributed by atoms with van der Waals surface area (Å²) in [6.07, 6.45) is 2.43. The van der Waals surface area contributed by atoms with Gasteiger partial charge in [-0.25, -0.2) is 4.98 Å². The highest BCUT2D eigenvalue weighted by molar-refractivity contribution is 7.99. The summed E-state index contributed by atoms with van der Waals surface area (Å²) < 4.78 is 0. The topological polar surface area (TPSA) is 64.9 Å². The van der Waals surface area contributed by atoms with Gasteiger partial charge in [-0.1, -0.05) is 13.3 Å². The summed E-state index contributed by atoms with van der Waals surface area (Å²) in [5.74, 6) is 2.11. The monoisotopic (exact) mass is 197 g/mol. The Morgan fingerprint density at radius 3 is 2.46 bits per heavy atom. The molecule has 0 fully saturated rings. The first-order chi connectivity index (χ1) is 6.22. The third-order valence-corrected chi connectivity index (χ3v) is 2.67. The smallest absolute Gasteiger partial charge is 0.126 e. The lowest BCUT2D eigenvalue weighted by molar-refractivity contribution is 0.896. The molecule has 0 aliphatic carbocycles. The molecule has 0 radical (unpaired) electrons. The van der Waals surface area contributed by atoms with Crippen molar-refractivity contribution in [3.8, 4) is 0 Å². The lowest BCUT2D eigenvalue weighted by Crippen LogP contribution is -1.96. The van der Waals surface area contributed by atoms with Gasteiger partial charge in [0.25, 0.3) is 0 Å². The second kappa shape index (κ2) is 4.97. The second-order valence-electron chi connectivity index (χ2n) is 2.85. The van der Waals surface area contributed by atoms with Crippen LogP contribution in [0.25, 0.3) is 0 Å². The Hall–Kier alpha value is -0.900. The molecule has 1 heterocycles. The third-order valence-electron chi connectivity index (χ3n) is 1.61. The Labute approximate surface area is 82.9 Å². The number of hydrogen-bond acceptors (Lipinski definition) is 4. The Balaban J connectivity index is 2.56. The van der Waals surface area contributed by atoms with Crippen molar-refractivity contribution in [1.29, 1.82) is 0 Å². The molecule has 0 saturated carbocycles. The van der Waals surface area contributed by atoms with Gasteiger partial charge in [-0.15, -0.1) is 11.8 Å². The zero-order valence-electron chi connectivity index (χ0n) is 7.79. The van der Waals surface area contributed by atoms with Gasteiger partial charge in [0.05, 0.1) is 0 Å². The van der Waals surface area contributed by atoms with E-state index >= 15 is 0 Å². The van der Waals surface area contributed by atoms with Crippen LogP contribution >= 0.6 is 11.8 Å². The van der Waals surface area contributed by atoms with Crippen LogP contribution in [0.3, 0.4) is 0 Å². The lowest BCUT2D eigenvalue weighted by Gasteiger charge is -2.02. The van der Waals surface area contributed by atoms with E-state index in [1.165, 1.54) is 12.8 Å². The van der Waals surface area contributed by atoms with Gasteiger partial charge in [-0.05, 0) is 24.3 Å². The van der Waals surface area contributed by atoms with E-state index < -0.39 is 0 Å². The van der Waals surface area contributed by atoms with Gasteiger partial charge < -0.3 is 11.5 Å². The maximum Gasteiger partial charge on any atom is 0.126 e. The highest BCUT2D eigenvalue weighted by Gasteiger charge is 1.97. The number of nitrogens with two attached hydrogens (primary N) is 2. The van der Waals surface area contributed by atoms with Crippen LogP contribution in [0.1, 0.15) is 19.8 Å². The molecule has 0 amide bonds. The van der Waals surface area contributed by atoms with E-state index in [1.807, 2.05) is 12.1 Å². The minimum absolute atomic E-state index is 0.499. The number of pyridine rings is 1. The van der Waals surface area contributed by atoms with Crippen LogP contribution in [-0.4, -0.2) is 10.7 Å². The zero-order valence-corrected chi connectivity index (χ0v) is 8.60. The number of nitrogen functional groups attached to an aromatic ring is 2. The van der Waals surface area contributed by atoms with Gasteiger partial charge in [-0.3, -0.25) is 0 Å². The molecule has 3 nitrogen and oxygen atoms in total. The van der Waals surface area contributed by atoms with E-state index in [-0.39, 0.29) is 0 Å². The molecule has 1 aromatic heterocycles. The van der Waals surface area contributed by atoms with Crippen molar-refractivity contribution in [2.45, 2.75) is 24.7 Å². The van der Waals surface area contributed by atoms with Gasteiger partial charge in [0.2, 0.25) is 0 Å². The number of aromatic nitrogens is 1. The Morgan fingerprint density at radius 2 is 1.92 bits per heavy atom. The molecule has 1 aromatic rings. The van der Waals surface area contributed by atoms with E-state index in [0.717, 1.165) is 10.6 Å². The van der Waals surface area contributed by atoms with Crippen LogP contribution < -0.4 is 11.5 Å². The standard InChI is InChI=1S/C9H15N3S/c1-2-3-4-13-7-5-8(10)12-9(11)6-7/h5-6H,2-4H2,1H3,(H4,10,11,12). The first-order valence-corrected chi connectivity index (χ1v) is 5.36. The van der Waals surface area contributed by atoms with E-state index in [2.05, 4.69) is 11.9 Å². The van der Waals surface area contributed by atoms with E-state index in [4.69, 9.17) is 11.5 Å². The van der Waals surface area contributed by atoms with Crippen LogP contribution in [0.15, 0.2) is 17.0 Å². The lowest BCUT2D eigenvalue weighted by atomic mass is 10.4. The van der Waals surface area contributed by atoms with E-state index in [0.29, 0.717) is 11.6 Å². The minimum atomic E-state index is 0.499. The molecule has 1 rings (SSSR count). The fourth-order valence-corrected chi connectivity index (χ4v) is 2.04. The Bertz CT molecular complexity index is 255. The van der Waals surface area contributed by atoms with Crippen molar-refractivity contribution in [3.05, 3.63) is 12.1 Å². The average Bonchev–Trinajstić information content (AvgIpc) is 2.03. The maximum absolute atomic E-state index is 5.56. The fraction of sp³-hybridized carbons (Fsp3) is 0.444. The summed E-state index contributed by atoms with van der Waals surface area (Å²) in [5, 5.41) is 0. The molecule has 4 N–H and O–H groups in total. The van der Waals surface area contributed by atoms with Crippen molar-refractivity contribution in [2.24, 2.45) is 0 Å². The first-order valence-electron chi connectivity index (χ1n) is 4.38. The van der Waals surface area contributed by atoms with Gasteiger partial charge in [-0.2, -0.15) is 0 Å². The largest absolute Gasteiger partial charge is 0.384 e. The number of rotatable bonds is 4. The maximum atomic E-state index is 5.56. The molecular weight excluding hydrogens is 182 g/mol. The molecule has 0 aliphatic rings. The summed E-state index contributed by atoms with van der Waals surface area (Å²) in [4.78, 5) is 5.01.